The summed E-state index contributed by atoms with van der Waals surface area (Å²) < 4.78 is 5.83. The zero-order valence-electron chi connectivity index (χ0n) is 9.85. The molecule has 1 heterocycles. The molecule has 0 saturated carbocycles. The van der Waals surface area contributed by atoms with Gasteiger partial charge in [-0.05, 0) is 25.7 Å². The lowest BCUT2D eigenvalue weighted by Gasteiger charge is -2.34. The van der Waals surface area contributed by atoms with E-state index in [1.54, 1.807) is 0 Å². The Morgan fingerprint density at radius 1 is 1.23 bits per heavy atom. The predicted molar refractivity (Wildman–Crippen MR) is 58.2 cm³/mol. The maximum Gasteiger partial charge on any atom is 0.157 e. The van der Waals surface area contributed by atoms with E-state index in [2.05, 4.69) is 48.8 Å². The van der Waals surface area contributed by atoms with Crippen LogP contribution in [-0.4, -0.2) is 19.4 Å². The first-order chi connectivity index (χ1) is 5.74. The molecular formula is C11H22BO. The molecular weight excluding hydrogens is 159 g/mol. The smallest absolute Gasteiger partial charge is 0.157 e. The van der Waals surface area contributed by atoms with Crippen LogP contribution in [0.5, 0.6) is 0 Å². The highest BCUT2D eigenvalue weighted by Crippen LogP contribution is 2.53. The summed E-state index contributed by atoms with van der Waals surface area (Å²) in [7, 11) is 2.37. The quantitative estimate of drug-likeness (QED) is 0.595. The fraction of sp³-hybridized carbons (Fsp3) is 1.00. The second kappa shape index (κ2) is 3.31. The van der Waals surface area contributed by atoms with Gasteiger partial charge < -0.3 is 4.74 Å². The molecule has 1 unspecified atom stereocenters. The fourth-order valence-electron chi connectivity index (χ4n) is 1.95. The van der Waals surface area contributed by atoms with Crippen LogP contribution in [0, 0.1) is 5.41 Å². The Bertz CT molecular complexity index is 169. The van der Waals surface area contributed by atoms with E-state index in [0.29, 0.717) is 22.8 Å². The highest BCUT2D eigenvalue weighted by molar-refractivity contribution is 6.43. The third-order valence-corrected chi connectivity index (χ3v) is 3.51. The lowest BCUT2D eigenvalue weighted by Crippen LogP contribution is -2.24. The number of ether oxygens (including phenoxy) is 1. The van der Waals surface area contributed by atoms with E-state index in [1.807, 2.05) is 0 Å². The Morgan fingerprint density at radius 3 is 2.08 bits per heavy atom. The summed E-state index contributed by atoms with van der Waals surface area (Å²) in [5.74, 6) is 0. The Balaban J connectivity index is 2.60. The largest absolute Gasteiger partial charge is 0.385 e. The zero-order valence-corrected chi connectivity index (χ0v) is 9.85. The molecule has 0 amide bonds. The molecule has 0 N–H and O–H groups in total. The summed E-state index contributed by atoms with van der Waals surface area (Å²) in [6, 6.07) is 0.352. The van der Waals surface area contributed by atoms with E-state index < -0.39 is 0 Å². The molecule has 1 aliphatic rings. The van der Waals surface area contributed by atoms with Crippen molar-refractivity contribution in [2.75, 3.05) is 0 Å². The van der Waals surface area contributed by atoms with Crippen LogP contribution in [0.15, 0.2) is 0 Å². The summed E-state index contributed by atoms with van der Waals surface area (Å²) in [4.78, 5) is 0. The van der Waals surface area contributed by atoms with Crippen LogP contribution >= 0.6 is 0 Å². The minimum Gasteiger partial charge on any atom is -0.385 e. The standard InChI is InChI=1S/C11H22BO/c1-8(2)13-9-7-10(3,4)11(5,6)12-9/h8-9H,7H2,1-6H3. The van der Waals surface area contributed by atoms with Crippen molar-refractivity contribution in [2.45, 2.75) is 65.4 Å². The van der Waals surface area contributed by atoms with Crippen molar-refractivity contribution < 1.29 is 4.74 Å². The minimum atomic E-state index is 0.298. The molecule has 13 heavy (non-hydrogen) atoms. The van der Waals surface area contributed by atoms with Gasteiger partial charge in [-0.2, -0.15) is 0 Å². The molecule has 1 atom stereocenters. The molecule has 2 heteroatoms. The third kappa shape index (κ3) is 2.28. The van der Waals surface area contributed by atoms with Gasteiger partial charge in [-0.15, -0.1) is 0 Å². The predicted octanol–water partition coefficient (Wildman–Crippen LogP) is 3.07. The van der Waals surface area contributed by atoms with Gasteiger partial charge in [-0.3, -0.25) is 0 Å². The second-order valence-electron chi connectivity index (χ2n) is 5.70. The summed E-state index contributed by atoms with van der Waals surface area (Å²) in [5, 5.41) is 0.298. The van der Waals surface area contributed by atoms with Crippen LogP contribution in [0.2, 0.25) is 5.31 Å². The molecule has 1 aliphatic heterocycles. The maximum absolute atomic E-state index is 5.83. The first kappa shape index (κ1) is 11.1. The molecule has 1 nitrogen and oxygen atoms in total. The van der Waals surface area contributed by atoms with Crippen molar-refractivity contribution in [3.8, 4) is 0 Å². The Hall–Kier alpha value is 0.0249. The first-order valence-electron chi connectivity index (χ1n) is 5.26. The highest BCUT2D eigenvalue weighted by atomic mass is 16.5. The molecule has 0 aromatic rings. The van der Waals surface area contributed by atoms with Gasteiger partial charge in [-0.25, -0.2) is 0 Å². The van der Waals surface area contributed by atoms with Crippen molar-refractivity contribution in [3.05, 3.63) is 0 Å². The monoisotopic (exact) mass is 181 g/mol. The van der Waals surface area contributed by atoms with E-state index in [-0.39, 0.29) is 0 Å². The lowest BCUT2D eigenvalue weighted by molar-refractivity contribution is 0.0388. The number of hydrogen-bond donors (Lipinski definition) is 0. The van der Waals surface area contributed by atoms with E-state index >= 15 is 0 Å². The van der Waals surface area contributed by atoms with E-state index in [4.69, 9.17) is 4.74 Å². The lowest BCUT2D eigenvalue weighted by atomic mass is 9.50. The normalized spacial score (nSPS) is 30.5. The van der Waals surface area contributed by atoms with E-state index in [0.717, 1.165) is 6.42 Å². The summed E-state index contributed by atoms with van der Waals surface area (Å²) in [6.07, 6.45) is 1.49. The molecule has 0 aliphatic carbocycles. The molecule has 0 aromatic heterocycles. The van der Waals surface area contributed by atoms with Crippen molar-refractivity contribution in [2.24, 2.45) is 5.41 Å². The van der Waals surface area contributed by atoms with Crippen molar-refractivity contribution >= 4 is 7.28 Å². The minimum absolute atomic E-state index is 0.298. The first-order valence-corrected chi connectivity index (χ1v) is 5.26. The SMILES string of the molecule is CC(C)OC1[B]C(C)(C)C(C)(C)C1. The van der Waals surface area contributed by atoms with Gasteiger partial charge in [0, 0.05) is 6.00 Å². The average molecular weight is 181 g/mol. The molecule has 0 aromatic carbocycles. The molecule has 1 saturated heterocycles. The van der Waals surface area contributed by atoms with Gasteiger partial charge >= 0.3 is 0 Å². The number of hydrogen-bond acceptors (Lipinski definition) is 1. The van der Waals surface area contributed by atoms with Crippen LogP contribution in [0.1, 0.15) is 48.0 Å². The van der Waals surface area contributed by atoms with Gasteiger partial charge in [0.2, 0.25) is 0 Å². The van der Waals surface area contributed by atoms with E-state index in [1.165, 1.54) is 0 Å². The van der Waals surface area contributed by atoms with Gasteiger partial charge in [0.1, 0.15) is 0 Å². The van der Waals surface area contributed by atoms with Crippen molar-refractivity contribution in [3.63, 3.8) is 0 Å². The number of rotatable bonds is 2. The summed E-state index contributed by atoms with van der Waals surface area (Å²) >= 11 is 0. The van der Waals surface area contributed by atoms with Gasteiger partial charge in [-0.1, -0.05) is 33.0 Å². The third-order valence-electron chi connectivity index (χ3n) is 3.51. The molecule has 1 rings (SSSR count). The molecule has 1 radical (unpaired) electrons. The van der Waals surface area contributed by atoms with Gasteiger partial charge in [0.25, 0.3) is 0 Å². The van der Waals surface area contributed by atoms with Crippen LogP contribution in [0.25, 0.3) is 0 Å². The maximum atomic E-state index is 5.83. The fourth-order valence-corrected chi connectivity index (χ4v) is 1.95. The Morgan fingerprint density at radius 2 is 1.77 bits per heavy atom. The van der Waals surface area contributed by atoms with Crippen LogP contribution in [0.3, 0.4) is 0 Å². The molecule has 75 valence electrons. The topological polar surface area (TPSA) is 9.23 Å². The second-order valence-corrected chi connectivity index (χ2v) is 5.70. The van der Waals surface area contributed by atoms with E-state index in [9.17, 15) is 0 Å². The van der Waals surface area contributed by atoms with Gasteiger partial charge in [0.05, 0.1) is 6.10 Å². The van der Waals surface area contributed by atoms with Crippen LogP contribution < -0.4 is 0 Å². The van der Waals surface area contributed by atoms with Crippen LogP contribution in [-0.2, 0) is 4.74 Å². The Kier molecular flexibility index (Phi) is 2.82. The summed E-state index contributed by atoms with van der Waals surface area (Å²) in [6.45, 7) is 13.5. The van der Waals surface area contributed by atoms with Gasteiger partial charge in [0.15, 0.2) is 7.28 Å². The van der Waals surface area contributed by atoms with Crippen LogP contribution in [0.4, 0.5) is 0 Å². The molecule has 0 bridgehead atoms. The summed E-state index contributed by atoms with van der Waals surface area (Å²) in [5.41, 5.74) is 0.368. The highest BCUT2D eigenvalue weighted by Gasteiger charge is 2.47. The average Bonchev–Trinajstić information content (AvgIpc) is 1.98. The van der Waals surface area contributed by atoms with Crippen molar-refractivity contribution in [1.29, 1.82) is 0 Å². The van der Waals surface area contributed by atoms with Crippen molar-refractivity contribution in [1.82, 2.24) is 0 Å². The molecule has 0 spiro atoms. The molecule has 1 fully saturated rings. The zero-order chi connectivity index (χ0) is 10.3. The Labute approximate surface area is 83.5 Å².